The Balaban J connectivity index is 1.63. The highest BCUT2D eigenvalue weighted by atomic mass is 32.1. The number of primary amides is 1. The standard InChI is InChI=1S/C19H25N5O4S/c1-27-14-4-2-13(3-5-14)16-12-15(17(29-16)23-18(20)25)28-19(26)22-8-11-24-9-6-21-7-10-24/h2-5,12,21H,6-11H2,1H3,(H,22,26)(H3,20,23,25). The van der Waals surface area contributed by atoms with Gasteiger partial charge in [-0.3, -0.25) is 10.2 Å². The van der Waals surface area contributed by atoms with E-state index in [0.717, 1.165) is 48.9 Å². The zero-order valence-electron chi connectivity index (χ0n) is 16.2. The van der Waals surface area contributed by atoms with E-state index >= 15 is 0 Å². The van der Waals surface area contributed by atoms with E-state index < -0.39 is 12.1 Å². The number of amides is 3. The van der Waals surface area contributed by atoms with E-state index in [1.807, 2.05) is 24.3 Å². The van der Waals surface area contributed by atoms with Crippen LogP contribution in [0, 0.1) is 0 Å². The van der Waals surface area contributed by atoms with Crippen molar-refractivity contribution >= 4 is 28.5 Å². The molecule has 1 fully saturated rings. The van der Waals surface area contributed by atoms with Crippen molar-refractivity contribution in [3.8, 4) is 21.9 Å². The van der Waals surface area contributed by atoms with Crippen LogP contribution in [0.3, 0.4) is 0 Å². The molecule has 0 aliphatic carbocycles. The van der Waals surface area contributed by atoms with Crippen LogP contribution in [0.5, 0.6) is 11.5 Å². The molecule has 0 radical (unpaired) electrons. The van der Waals surface area contributed by atoms with Crippen molar-refractivity contribution in [2.45, 2.75) is 0 Å². The number of urea groups is 1. The number of benzene rings is 1. The second-order valence-electron chi connectivity index (χ2n) is 6.43. The van der Waals surface area contributed by atoms with Crippen molar-refractivity contribution in [2.24, 2.45) is 5.73 Å². The molecule has 3 rings (SSSR count). The third-order valence-corrected chi connectivity index (χ3v) is 5.50. The summed E-state index contributed by atoms with van der Waals surface area (Å²) in [4.78, 5) is 26.6. The third kappa shape index (κ3) is 6.08. The van der Waals surface area contributed by atoms with Crippen LogP contribution in [0.15, 0.2) is 30.3 Å². The summed E-state index contributed by atoms with van der Waals surface area (Å²) in [6.07, 6.45) is -0.577. The number of nitrogens with one attached hydrogen (secondary N) is 3. The molecule has 29 heavy (non-hydrogen) atoms. The van der Waals surface area contributed by atoms with Gasteiger partial charge < -0.3 is 25.8 Å². The molecule has 9 nitrogen and oxygen atoms in total. The molecule has 0 atom stereocenters. The maximum absolute atomic E-state index is 12.2. The Morgan fingerprint density at radius 2 is 1.97 bits per heavy atom. The maximum Gasteiger partial charge on any atom is 0.412 e. The average Bonchev–Trinajstić information content (AvgIpc) is 3.10. The third-order valence-electron chi connectivity index (χ3n) is 4.42. The number of thiophene rings is 1. The summed E-state index contributed by atoms with van der Waals surface area (Å²) in [5.74, 6) is 0.986. The number of piperazine rings is 1. The lowest BCUT2D eigenvalue weighted by molar-refractivity contribution is 0.195. The normalized spacial score (nSPS) is 14.2. The minimum Gasteiger partial charge on any atom is -0.497 e. The minimum atomic E-state index is -0.725. The first kappa shape index (κ1) is 20.9. The monoisotopic (exact) mass is 419 g/mol. The number of nitrogens with two attached hydrogens (primary N) is 1. The van der Waals surface area contributed by atoms with Gasteiger partial charge in [-0.05, 0) is 29.8 Å². The van der Waals surface area contributed by atoms with Gasteiger partial charge in [-0.2, -0.15) is 0 Å². The molecule has 156 valence electrons. The number of anilines is 1. The summed E-state index contributed by atoms with van der Waals surface area (Å²) in [6.45, 7) is 5.06. The Morgan fingerprint density at radius 1 is 1.24 bits per heavy atom. The van der Waals surface area contributed by atoms with Crippen molar-refractivity contribution in [2.75, 3.05) is 51.7 Å². The SMILES string of the molecule is COc1ccc(-c2cc(OC(=O)NCCN3CCNCC3)c(NC(N)=O)s2)cc1. The molecule has 0 saturated carbocycles. The molecule has 5 N–H and O–H groups in total. The molecule has 10 heteroatoms. The number of nitrogens with zero attached hydrogens (tertiary/aromatic N) is 1. The van der Waals surface area contributed by atoms with Crippen LogP contribution >= 0.6 is 11.3 Å². The summed E-state index contributed by atoms with van der Waals surface area (Å²) < 4.78 is 10.6. The second-order valence-corrected chi connectivity index (χ2v) is 7.48. The molecule has 1 aliphatic rings. The van der Waals surface area contributed by atoms with Gasteiger partial charge in [-0.1, -0.05) is 0 Å². The lowest BCUT2D eigenvalue weighted by atomic mass is 10.2. The molecule has 1 aliphatic heterocycles. The average molecular weight is 420 g/mol. The van der Waals surface area contributed by atoms with Gasteiger partial charge in [0, 0.05) is 50.2 Å². The minimum absolute atomic E-state index is 0.249. The zero-order valence-corrected chi connectivity index (χ0v) is 17.0. The Labute approximate surface area is 173 Å². The van der Waals surface area contributed by atoms with Crippen molar-refractivity contribution in [3.05, 3.63) is 30.3 Å². The van der Waals surface area contributed by atoms with E-state index in [1.165, 1.54) is 11.3 Å². The lowest BCUT2D eigenvalue weighted by Gasteiger charge is -2.26. The van der Waals surface area contributed by atoms with Crippen LogP contribution in [0.1, 0.15) is 0 Å². The first-order valence-corrected chi connectivity index (χ1v) is 10.1. The molecule has 2 heterocycles. The molecule has 0 spiro atoms. The van der Waals surface area contributed by atoms with Gasteiger partial charge in [-0.25, -0.2) is 9.59 Å². The van der Waals surface area contributed by atoms with Crippen LogP contribution in [0.2, 0.25) is 0 Å². The predicted molar refractivity (Wildman–Crippen MR) is 113 cm³/mol. The summed E-state index contributed by atoms with van der Waals surface area (Å²) in [6, 6.07) is 8.41. The zero-order chi connectivity index (χ0) is 20.6. The summed E-state index contributed by atoms with van der Waals surface area (Å²) in [7, 11) is 1.60. The highest BCUT2D eigenvalue weighted by molar-refractivity contribution is 7.20. The number of hydrogen-bond donors (Lipinski definition) is 4. The summed E-state index contributed by atoms with van der Waals surface area (Å²) in [5, 5.41) is 8.92. The number of rotatable bonds is 7. The van der Waals surface area contributed by atoms with E-state index in [1.54, 1.807) is 13.2 Å². The number of hydrogen-bond acceptors (Lipinski definition) is 7. The maximum atomic E-state index is 12.2. The molecule has 3 amide bonds. The predicted octanol–water partition coefficient (Wildman–Crippen LogP) is 1.91. The second kappa shape index (κ2) is 10.1. The van der Waals surface area contributed by atoms with E-state index in [4.69, 9.17) is 15.2 Å². The first-order chi connectivity index (χ1) is 14.0. The highest BCUT2D eigenvalue weighted by Crippen LogP contribution is 2.41. The quantitative estimate of drug-likeness (QED) is 0.545. The van der Waals surface area contributed by atoms with E-state index in [-0.39, 0.29) is 5.75 Å². The first-order valence-electron chi connectivity index (χ1n) is 9.28. The van der Waals surface area contributed by atoms with Gasteiger partial charge in [0.15, 0.2) is 5.75 Å². The molecule has 0 unspecified atom stereocenters. The van der Waals surface area contributed by atoms with Crippen LogP contribution in [-0.4, -0.2) is 63.4 Å². The van der Waals surface area contributed by atoms with Crippen molar-refractivity contribution in [1.29, 1.82) is 0 Å². The number of ether oxygens (including phenoxy) is 2. The summed E-state index contributed by atoms with van der Waals surface area (Å²) >= 11 is 1.27. The van der Waals surface area contributed by atoms with Gasteiger partial charge in [0.2, 0.25) is 0 Å². The number of carbonyl (C=O) groups is 2. The highest BCUT2D eigenvalue weighted by Gasteiger charge is 2.17. The van der Waals surface area contributed by atoms with E-state index in [2.05, 4.69) is 20.9 Å². The summed E-state index contributed by atoms with van der Waals surface area (Å²) in [5.41, 5.74) is 6.15. The molecule has 0 bridgehead atoms. The van der Waals surface area contributed by atoms with E-state index in [0.29, 0.717) is 11.5 Å². The van der Waals surface area contributed by atoms with Crippen LogP contribution in [-0.2, 0) is 0 Å². The number of carbonyl (C=O) groups excluding carboxylic acids is 2. The van der Waals surface area contributed by atoms with Gasteiger partial charge in [0.1, 0.15) is 10.8 Å². The fourth-order valence-corrected chi connectivity index (χ4v) is 3.93. The topological polar surface area (TPSA) is 118 Å². The van der Waals surface area contributed by atoms with Crippen molar-refractivity contribution < 1.29 is 19.1 Å². The Bertz CT molecular complexity index is 834. The van der Waals surface area contributed by atoms with Gasteiger partial charge >= 0.3 is 12.1 Å². The largest absolute Gasteiger partial charge is 0.497 e. The van der Waals surface area contributed by atoms with Gasteiger partial charge in [0.05, 0.1) is 7.11 Å². The molecule has 1 aromatic carbocycles. The van der Waals surface area contributed by atoms with Crippen LogP contribution in [0.4, 0.5) is 14.6 Å². The molecular formula is C19H25N5O4S. The van der Waals surface area contributed by atoms with Gasteiger partial charge in [-0.15, -0.1) is 11.3 Å². The Morgan fingerprint density at radius 3 is 2.62 bits per heavy atom. The van der Waals surface area contributed by atoms with Crippen molar-refractivity contribution in [1.82, 2.24) is 15.5 Å². The van der Waals surface area contributed by atoms with Gasteiger partial charge in [0.25, 0.3) is 0 Å². The fourth-order valence-electron chi connectivity index (χ4n) is 2.93. The van der Waals surface area contributed by atoms with E-state index in [9.17, 15) is 9.59 Å². The molecule has 1 saturated heterocycles. The number of methoxy groups -OCH3 is 1. The fraction of sp³-hybridized carbons (Fsp3) is 0.368. The van der Waals surface area contributed by atoms with Crippen LogP contribution in [0.25, 0.3) is 10.4 Å². The van der Waals surface area contributed by atoms with Crippen molar-refractivity contribution in [3.63, 3.8) is 0 Å². The smallest absolute Gasteiger partial charge is 0.412 e. The molecular weight excluding hydrogens is 394 g/mol. The molecule has 1 aromatic heterocycles. The molecule has 2 aromatic rings. The Hall–Kier alpha value is -2.82. The van der Waals surface area contributed by atoms with Crippen LogP contribution < -0.4 is 31.2 Å². The Kier molecular flexibility index (Phi) is 7.28. The lowest BCUT2D eigenvalue weighted by Crippen LogP contribution is -2.46.